The van der Waals surface area contributed by atoms with E-state index < -0.39 is 10.0 Å². The van der Waals surface area contributed by atoms with Gasteiger partial charge in [-0.25, -0.2) is 18.1 Å². The second kappa shape index (κ2) is 2.95. The Bertz CT molecular complexity index is 542. The van der Waals surface area contributed by atoms with E-state index in [2.05, 4.69) is 9.71 Å². The van der Waals surface area contributed by atoms with Gasteiger partial charge in [-0.3, -0.25) is 0 Å². The summed E-state index contributed by atoms with van der Waals surface area (Å²) in [5.74, 6) is 0.560. The predicted molar refractivity (Wildman–Crippen MR) is 61.9 cm³/mol. The van der Waals surface area contributed by atoms with Gasteiger partial charge in [0, 0.05) is 21.2 Å². The first-order valence-electron chi connectivity index (χ1n) is 5.24. The number of hydrogen-bond acceptors (Lipinski definition) is 4. The number of nitrogens with zero attached hydrogens (tertiary/aromatic N) is 2. The number of hydrogen-bond donors (Lipinski definition) is 1. The quantitative estimate of drug-likeness (QED) is 0.722. The van der Waals surface area contributed by atoms with Crippen LogP contribution in [0.25, 0.3) is 0 Å². The van der Waals surface area contributed by atoms with E-state index in [1.807, 2.05) is 11.9 Å². The Morgan fingerprint density at radius 1 is 1.56 bits per heavy atom. The molecule has 1 spiro atoms. The summed E-state index contributed by atoms with van der Waals surface area (Å²) in [4.78, 5) is 6.48. The van der Waals surface area contributed by atoms with E-state index in [1.54, 1.807) is 18.3 Å². The Morgan fingerprint density at radius 2 is 2.31 bits per heavy atom. The zero-order valence-corrected chi connectivity index (χ0v) is 9.79. The van der Waals surface area contributed by atoms with Crippen LogP contribution in [-0.4, -0.2) is 32.5 Å². The third-order valence-electron chi connectivity index (χ3n) is 3.49. The molecule has 0 aromatic carbocycles. The first kappa shape index (κ1) is 10.0. The lowest BCUT2D eigenvalue weighted by molar-refractivity contribution is 0.567. The van der Waals surface area contributed by atoms with Crippen LogP contribution in [0, 0.1) is 0 Å². The molecule has 6 heteroatoms. The normalized spacial score (nSPS) is 24.9. The Kier molecular flexibility index (Phi) is 1.85. The molecule has 16 heavy (non-hydrogen) atoms. The molecule has 1 saturated carbocycles. The molecular formula is C10H15N3O2S. The SMILES string of the molecule is CN1c2ncccc2S(=O)(=O)NCC12CC2.[HH]. The smallest absolute Gasteiger partial charge is 0.244 e. The van der Waals surface area contributed by atoms with E-state index in [0.717, 1.165) is 12.8 Å². The molecule has 1 N–H and O–H groups in total. The van der Waals surface area contributed by atoms with Crippen molar-refractivity contribution in [1.29, 1.82) is 0 Å². The van der Waals surface area contributed by atoms with Crippen LogP contribution in [0.5, 0.6) is 0 Å². The summed E-state index contributed by atoms with van der Waals surface area (Å²) in [7, 11) is -1.48. The van der Waals surface area contributed by atoms with Crippen molar-refractivity contribution in [3.05, 3.63) is 18.3 Å². The fourth-order valence-electron chi connectivity index (χ4n) is 2.15. The van der Waals surface area contributed by atoms with Crippen molar-refractivity contribution in [2.75, 3.05) is 18.5 Å². The third kappa shape index (κ3) is 1.26. The third-order valence-corrected chi connectivity index (χ3v) is 4.91. The number of likely N-dealkylation sites (N-methyl/N-ethyl adjacent to an activating group) is 1. The lowest BCUT2D eigenvalue weighted by Gasteiger charge is -2.26. The monoisotopic (exact) mass is 241 g/mol. The average Bonchev–Trinajstić information content (AvgIpc) is 3.06. The molecule has 1 aliphatic carbocycles. The Balaban J connectivity index is 0.00000108. The van der Waals surface area contributed by atoms with E-state index >= 15 is 0 Å². The van der Waals surface area contributed by atoms with E-state index in [9.17, 15) is 8.42 Å². The minimum absolute atomic E-state index is 0. The van der Waals surface area contributed by atoms with Crippen molar-refractivity contribution < 1.29 is 9.84 Å². The van der Waals surface area contributed by atoms with Gasteiger partial charge in [0.05, 0.1) is 5.54 Å². The molecule has 0 bridgehead atoms. The molecule has 0 atom stereocenters. The zero-order valence-electron chi connectivity index (χ0n) is 8.97. The van der Waals surface area contributed by atoms with Crippen LogP contribution in [-0.2, 0) is 10.0 Å². The number of sulfonamides is 1. The van der Waals surface area contributed by atoms with Crippen LogP contribution in [0.2, 0.25) is 0 Å². The second-order valence-electron chi connectivity index (χ2n) is 4.43. The summed E-state index contributed by atoms with van der Waals surface area (Å²) in [6.45, 7) is 0.474. The van der Waals surface area contributed by atoms with E-state index in [-0.39, 0.29) is 11.9 Å². The molecule has 0 saturated heterocycles. The Labute approximate surface area is 96.0 Å². The van der Waals surface area contributed by atoms with Crippen molar-refractivity contribution >= 4 is 15.8 Å². The number of aromatic nitrogens is 1. The molecule has 1 aromatic rings. The van der Waals surface area contributed by atoms with Crippen LogP contribution < -0.4 is 9.62 Å². The molecule has 0 amide bonds. The zero-order chi connectivity index (χ0) is 11.4. The molecule has 5 nitrogen and oxygen atoms in total. The maximum absolute atomic E-state index is 12.0. The summed E-state index contributed by atoms with van der Waals surface area (Å²) in [5, 5.41) is 0. The number of fused-ring (bicyclic) bond motifs is 1. The highest BCUT2D eigenvalue weighted by Crippen LogP contribution is 2.45. The molecule has 1 fully saturated rings. The fourth-order valence-corrected chi connectivity index (χ4v) is 3.45. The summed E-state index contributed by atoms with van der Waals surface area (Å²) >= 11 is 0. The predicted octanol–water partition coefficient (Wildman–Crippen LogP) is 0.588. The lowest BCUT2D eigenvalue weighted by atomic mass is 10.2. The van der Waals surface area contributed by atoms with Crippen molar-refractivity contribution in [3.8, 4) is 0 Å². The molecule has 2 heterocycles. The summed E-state index contributed by atoms with van der Waals surface area (Å²) < 4.78 is 26.6. The van der Waals surface area contributed by atoms with Gasteiger partial charge in [-0.2, -0.15) is 0 Å². The summed E-state index contributed by atoms with van der Waals surface area (Å²) in [6, 6.07) is 3.25. The molecule has 1 aliphatic heterocycles. The maximum Gasteiger partial charge on any atom is 0.244 e. The number of nitrogens with one attached hydrogen (secondary N) is 1. The van der Waals surface area contributed by atoms with Crippen LogP contribution in [0.4, 0.5) is 5.82 Å². The van der Waals surface area contributed by atoms with Crippen molar-refractivity contribution in [2.24, 2.45) is 0 Å². The van der Waals surface area contributed by atoms with Crippen LogP contribution in [0.15, 0.2) is 23.2 Å². The first-order valence-corrected chi connectivity index (χ1v) is 6.72. The molecule has 88 valence electrons. The molecule has 2 aliphatic rings. The van der Waals surface area contributed by atoms with E-state index in [4.69, 9.17) is 0 Å². The largest absolute Gasteiger partial charge is 0.352 e. The Hall–Kier alpha value is -1.14. The second-order valence-corrected chi connectivity index (χ2v) is 6.17. The summed E-state index contributed by atoms with van der Waals surface area (Å²) in [6.07, 6.45) is 3.66. The standard InChI is InChI=1S/C10H13N3O2S.H2/c1-13-9-8(3-2-6-11-9)16(14,15)12-7-10(13)4-5-10;/h2-3,6,12H,4-5,7H2,1H3;1H. The molecule has 1 aromatic heterocycles. The average molecular weight is 241 g/mol. The van der Waals surface area contributed by atoms with Gasteiger partial charge in [-0.15, -0.1) is 0 Å². The Morgan fingerprint density at radius 3 is 3.00 bits per heavy atom. The van der Waals surface area contributed by atoms with Crippen LogP contribution in [0.3, 0.4) is 0 Å². The van der Waals surface area contributed by atoms with Gasteiger partial charge in [0.25, 0.3) is 0 Å². The van der Waals surface area contributed by atoms with Gasteiger partial charge in [-0.1, -0.05) is 0 Å². The topological polar surface area (TPSA) is 62.3 Å². The highest BCUT2D eigenvalue weighted by atomic mass is 32.2. The van der Waals surface area contributed by atoms with Gasteiger partial charge in [-0.05, 0) is 25.0 Å². The highest BCUT2D eigenvalue weighted by Gasteiger charge is 2.50. The van der Waals surface area contributed by atoms with Crippen LogP contribution >= 0.6 is 0 Å². The highest BCUT2D eigenvalue weighted by molar-refractivity contribution is 7.89. The van der Waals surface area contributed by atoms with Gasteiger partial charge in [0.15, 0.2) is 0 Å². The van der Waals surface area contributed by atoms with E-state index in [1.165, 1.54) is 0 Å². The lowest BCUT2D eigenvalue weighted by Crippen LogP contribution is -2.41. The van der Waals surface area contributed by atoms with Gasteiger partial charge in [0.2, 0.25) is 10.0 Å². The number of rotatable bonds is 0. The first-order chi connectivity index (χ1) is 7.55. The molecular weight excluding hydrogens is 226 g/mol. The fraction of sp³-hybridized carbons (Fsp3) is 0.500. The minimum atomic E-state index is -3.40. The molecule has 0 unspecified atom stereocenters. The minimum Gasteiger partial charge on any atom is -0.352 e. The van der Waals surface area contributed by atoms with Crippen molar-refractivity contribution in [2.45, 2.75) is 23.3 Å². The van der Waals surface area contributed by atoms with Crippen LogP contribution in [0.1, 0.15) is 14.3 Å². The van der Waals surface area contributed by atoms with Crippen molar-refractivity contribution in [3.63, 3.8) is 0 Å². The molecule has 3 rings (SSSR count). The number of pyridine rings is 1. The van der Waals surface area contributed by atoms with Gasteiger partial charge < -0.3 is 4.90 Å². The van der Waals surface area contributed by atoms with E-state index in [0.29, 0.717) is 12.4 Å². The summed E-state index contributed by atoms with van der Waals surface area (Å²) in [5.41, 5.74) is -0.0489. The molecule has 0 radical (unpaired) electrons. The maximum atomic E-state index is 12.0. The number of anilines is 1. The van der Waals surface area contributed by atoms with Crippen molar-refractivity contribution in [1.82, 2.24) is 9.71 Å². The van der Waals surface area contributed by atoms with Gasteiger partial charge >= 0.3 is 0 Å². The van der Waals surface area contributed by atoms with Gasteiger partial charge in [0.1, 0.15) is 10.7 Å².